The maximum atomic E-state index is 6.22. The highest BCUT2D eigenvalue weighted by Crippen LogP contribution is 2.33. The Balaban J connectivity index is 2.32. The van der Waals surface area contributed by atoms with E-state index in [1.165, 1.54) is 5.56 Å². The van der Waals surface area contributed by atoms with Gasteiger partial charge in [0, 0.05) is 16.6 Å². The van der Waals surface area contributed by atoms with Gasteiger partial charge in [-0.1, -0.05) is 0 Å². The number of aryl methyl sites for hydroxylation is 2. The Bertz CT molecular complexity index is 742. The first kappa shape index (κ1) is 11.7. The second kappa shape index (κ2) is 4.10. The highest BCUT2D eigenvalue weighted by molar-refractivity contribution is 9.11. The molecular formula is C13H12BrN3S. The number of rotatable bonds is 1. The maximum Gasteiger partial charge on any atom is 0.139 e. The normalized spacial score (nSPS) is 11.3. The van der Waals surface area contributed by atoms with Crippen LogP contribution < -0.4 is 5.73 Å². The Morgan fingerprint density at radius 1 is 1.28 bits per heavy atom. The van der Waals surface area contributed by atoms with E-state index in [1.807, 2.05) is 23.5 Å². The van der Waals surface area contributed by atoms with Crippen molar-refractivity contribution < 1.29 is 0 Å². The van der Waals surface area contributed by atoms with Crippen molar-refractivity contribution in [1.29, 1.82) is 0 Å². The smallest absolute Gasteiger partial charge is 0.139 e. The summed E-state index contributed by atoms with van der Waals surface area (Å²) in [6, 6.07) is 6.21. The Kier molecular flexibility index (Phi) is 2.68. The zero-order chi connectivity index (χ0) is 12.9. The molecule has 0 saturated heterocycles. The third-order valence-corrected chi connectivity index (χ3v) is 4.43. The summed E-state index contributed by atoms with van der Waals surface area (Å²) in [5.74, 6) is 0.702. The van der Waals surface area contributed by atoms with Crippen molar-refractivity contribution in [3.63, 3.8) is 0 Å². The molecule has 0 unspecified atom stereocenters. The van der Waals surface area contributed by atoms with Gasteiger partial charge >= 0.3 is 0 Å². The minimum absolute atomic E-state index is 0.702. The number of pyridine rings is 1. The molecule has 3 aromatic rings. The summed E-state index contributed by atoms with van der Waals surface area (Å²) < 4.78 is 3.08. The lowest BCUT2D eigenvalue weighted by Gasteiger charge is -2.03. The minimum atomic E-state index is 0.702. The summed E-state index contributed by atoms with van der Waals surface area (Å²) in [5.41, 5.74) is 11.3. The van der Waals surface area contributed by atoms with Gasteiger partial charge in [0.2, 0.25) is 0 Å². The molecule has 0 spiro atoms. The standard InChI is InChI=1S/C13H12BrN3S/c1-7-3-8(2)17-11(4-7)16-12(13(17)15)9-5-10(14)18-6-9/h3-6H,15H2,1-2H3. The molecule has 0 aliphatic carbocycles. The summed E-state index contributed by atoms with van der Waals surface area (Å²) >= 11 is 5.10. The van der Waals surface area contributed by atoms with Crippen LogP contribution in [0.1, 0.15) is 11.3 Å². The molecule has 0 atom stereocenters. The first-order chi connectivity index (χ1) is 8.56. The number of imidazole rings is 1. The van der Waals surface area contributed by atoms with Crippen LogP contribution in [0.25, 0.3) is 16.9 Å². The van der Waals surface area contributed by atoms with Gasteiger partial charge in [0.1, 0.15) is 17.2 Å². The van der Waals surface area contributed by atoms with Crippen molar-refractivity contribution >= 4 is 38.7 Å². The number of nitrogens with zero attached hydrogens (tertiary/aromatic N) is 2. The SMILES string of the molecule is Cc1cc(C)n2c(N)c(-c3csc(Br)c3)nc2c1. The molecule has 0 saturated carbocycles. The van der Waals surface area contributed by atoms with Crippen LogP contribution >= 0.6 is 27.3 Å². The van der Waals surface area contributed by atoms with E-state index in [4.69, 9.17) is 5.73 Å². The van der Waals surface area contributed by atoms with E-state index < -0.39 is 0 Å². The summed E-state index contributed by atoms with van der Waals surface area (Å²) in [7, 11) is 0. The number of thiophene rings is 1. The molecule has 0 aliphatic heterocycles. The number of hydrogen-bond donors (Lipinski definition) is 1. The van der Waals surface area contributed by atoms with Crippen molar-refractivity contribution in [3.8, 4) is 11.3 Å². The number of aromatic nitrogens is 2. The van der Waals surface area contributed by atoms with Gasteiger partial charge in [0.15, 0.2) is 0 Å². The van der Waals surface area contributed by atoms with E-state index in [9.17, 15) is 0 Å². The summed E-state index contributed by atoms with van der Waals surface area (Å²) in [5, 5.41) is 2.06. The van der Waals surface area contributed by atoms with Crippen LogP contribution in [-0.2, 0) is 0 Å². The second-order valence-electron chi connectivity index (χ2n) is 4.35. The van der Waals surface area contributed by atoms with Crippen molar-refractivity contribution in [2.24, 2.45) is 0 Å². The van der Waals surface area contributed by atoms with Gasteiger partial charge in [-0.2, -0.15) is 0 Å². The molecule has 18 heavy (non-hydrogen) atoms. The molecule has 0 aliphatic rings. The predicted molar refractivity (Wildman–Crippen MR) is 80.1 cm³/mol. The Hall–Kier alpha value is -1.33. The molecule has 0 radical (unpaired) electrons. The molecule has 3 aromatic heterocycles. The summed E-state index contributed by atoms with van der Waals surface area (Å²) in [4.78, 5) is 4.64. The predicted octanol–water partition coefficient (Wildman–Crippen LogP) is 4.02. The second-order valence-corrected chi connectivity index (χ2v) is 6.64. The average molecular weight is 322 g/mol. The van der Waals surface area contributed by atoms with Gasteiger partial charge in [-0.05, 0) is 53.5 Å². The molecule has 2 N–H and O–H groups in total. The first-order valence-corrected chi connectivity index (χ1v) is 7.23. The largest absolute Gasteiger partial charge is 0.383 e. The monoisotopic (exact) mass is 321 g/mol. The molecule has 3 nitrogen and oxygen atoms in total. The number of halogens is 1. The van der Waals surface area contributed by atoms with Crippen LogP contribution in [0, 0.1) is 13.8 Å². The number of hydrogen-bond acceptors (Lipinski definition) is 3. The van der Waals surface area contributed by atoms with E-state index in [0.717, 1.165) is 26.4 Å². The lowest BCUT2D eigenvalue weighted by molar-refractivity contribution is 1.09. The Morgan fingerprint density at radius 3 is 2.72 bits per heavy atom. The first-order valence-electron chi connectivity index (χ1n) is 5.56. The summed E-state index contributed by atoms with van der Waals surface area (Å²) in [6.45, 7) is 4.12. The van der Waals surface area contributed by atoms with Crippen LogP contribution in [0.4, 0.5) is 5.82 Å². The van der Waals surface area contributed by atoms with Crippen molar-refractivity contribution in [2.45, 2.75) is 13.8 Å². The van der Waals surface area contributed by atoms with E-state index in [-0.39, 0.29) is 0 Å². The van der Waals surface area contributed by atoms with Crippen molar-refractivity contribution in [1.82, 2.24) is 9.38 Å². The molecule has 5 heteroatoms. The fourth-order valence-corrected chi connectivity index (χ4v) is 3.35. The number of nitrogen functional groups attached to an aromatic ring is 1. The third kappa shape index (κ3) is 1.74. The van der Waals surface area contributed by atoms with E-state index >= 15 is 0 Å². The molecule has 0 aromatic carbocycles. The lowest BCUT2D eigenvalue weighted by atomic mass is 10.2. The Labute approximate surface area is 117 Å². The third-order valence-electron chi connectivity index (χ3n) is 2.93. The van der Waals surface area contributed by atoms with Crippen LogP contribution in [-0.4, -0.2) is 9.38 Å². The van der Waals surface area contributed by atoms with Gasteiger partial charge < -0.3 is 5.73 Å². The molecular weight excluding hydrogens is 310 g/mol. The van der Waals surface area contributed by atoms with E-state index in [1.54, 1.807) is 11.3 Å². The van der Waals surface area contributed by atoms with Gasteiger partial charge in [-0.25, -0.2) is 4.98 Å². The minimum Gasteiger partial charge on any atom is -0.383 e. The molecule has 0 fully saturated rings. The summed E-state index contributed by atoms with van der Waals surface area (Å²) in [6.07, 6.45) is 0. The van der Waals surface area contributed by atoms with Crippen molar-refractivity contribution in [2.75, 3.05) is 5.73 Å². The number of fused-ring (bicyclic) bond motifs is 1. The zero-order valence-corrected chi connectivity index (χ0v) is 12.5. The highest BCUT2D eigenvalue weighted by Gasteiger charge is 2.14. The molecule has 0 bridgehead atoms. The molecule has 92 valence electrons. The molecule has 3 heterocycles. The highest BCUT2D eigenvalue weighted by atomic mass is 79.9. The van der Waals surface area contributed by atoms with E-state index in [0.29, 0.717) is 5.82 Å². The van der Waals surface area contributed by atoms with Crippen molar-refractivity contribution in [3.05, 3.63) is 38.6 Å². The van der Waals surface area contributed by atoms with Gasteiger partial charge in [0.25, 0.3) is 0 Å². The molecule has 3 rings (SSSR count). The van der Waals surface area contributed by atoms with Crippen LogP contribution in [0.5, 0.6) is 0 Å². The number of anilines is 1. The quantitative estimate of drug-likeness (QED) is 0.735. The Morgan fingerprint density at radius 2 is 2.06 bits per heavy atom. The van der Waals surface area contributed by atoms with E-state index in [2.05, 4.69) is 39.3 Å². The van der Waals surface area contributed by atoms with Crippen LogP contribution in [0.2, 0.25) is 0 Å². The lowest BCUT2D eigenvalue weighted by Crippen LogP contribution is -1.98. The fourth-order valence-electron chi connectivity index (χ4n) is 2.20. The van der Waals surface area contributed by atoms with Gasteiger partial charge in [0.05, 0.1) is 3.79 Å². The molecule has 0 amide bonds. The van der Waals surface area contributed by atoms with Gasteiger partial charge in [-0.15, -0.1) is 11.3 Å². The zero-order valence-electron chi connectivity index (χ0n) is 10.1. The van der Waals surface area contributed by atoms with Crippen LogP contribution in [0.3, 0.4) is 0 Å². The van der Waals surface area contributed by atoms with Crippen LogP contribution in [0.15, 0.2) is 27.4 Å². The fraction of sp³-hybridized carbons (Fsp3) is 0.154. The maximum absolute atomic E-state index is 6.22. The average Bonchev–Trinajstić information content (AvgIpc) is 2.83. The van der Waals surface area contributed by atoms with Gasteiger partial charge in [-0.3, -0.25) is 4.40 Å². The topological polar surface area (TPSA) is 43.3 Å². The number of nitrogens with two attached hydrogens (primary N) is 1.